The first-order chi connectivity index (χ1) is 8.19. The topological polar surface area (TPSA) is 58.9 Å². The van der Waals surface area contributed by atoms with Crippen molar-refractivity contribution in [1.29, 1.82) is 0 Å². The van der Waals surface area contributed by atoms with Gasteiger partial charge in [0.15, 0.2) is 0 Å². The number of hydrogen-bond donors (Lipinski definition) is 2. The van der Waals surface area contributed by atoms with Crippen molar-refractivity contribution in [1.82, 2.24) is 4.98 Å². The number of nitrogens with one attached hydrogen (secondary N) is 1. The van der Waals surface area contributed by atoms with E-state index in [1.165, 1.54) is 0 Å². The summed E-state index contributed by atoms with van der Waals surface area (Å²) in [5.41, 5.74) is 7.46. The molecule has 3 N–H and O–H groups in total. The molecule has 0 radical (unpaired) electrons. The van der Waals surface area contributed by atoms with Crippen molar-refractivity contribution >= 4 is 11.5 Å². The van der Waals surface area contributed by atoms with Gasteiger partial charge in [0.2, 0.25) is 0 Å². The van der Waals surface area contributed by atoms with Crippen LogP contribution in [-0.4, -0.2) is 10.9 Å². The Balaban J connectivity index is 0.00000121. The minimum absolute atomic E-state index is 0.407. The van der Waals surface area contributed by atoms with E-state index in [0.29, 0.717) is 5.69 Å². The predicted octanol–water partition coefficient (Wildman–Crippen LogP) is 3.29. The van der Waals surface area contributed by atoms with Gasteiger partial charge >= 0.3 is 0 Å². The third-order valence-corrected chi connectivity index (χ3v) is 1.93. The van der Waals surface area contributed by atoms with Crippen molar-refractivity contribution in [3.63, 3.8) is 0 Å². The molecule has 0 unspecified atom stereocenters. The highest BCUT2D eigenvalue weighted by Gasteiger charge is 2.05. The number of rotatable bonds is 4. The first-order valence-corrected chi connectivity index (χ1v) is 5.63. The first kappa shape index (κ1) is 15.0. The van der Waals surface area contributed by atoms with Crippen LogP contribution in [-0.2, 0) is 0 Å². The molecule has 0 aromatic carbocycles. The fourth-order valence-electron chi connectivity index (χ4n) is 1.26. The average Bonchev–Trinajstić information content (AvgIpc) is 2.81. The second kappa shape index (κ2) is 8.16. The molecule has 1 rings (SSSR count). The third-order valence-electron chi connectivity index (χ3n) is 1.93. The fraction of sp³-hybridized carbons (Fsp3) is 0.214. The molecule has 0 saturated heterocycles. The second-order valence-electron chi connectivity index (χ2n) is 3.02. The summed E-state index contributed by atoms with van der Waals surface area (Å²) in [5, 5.41) is 0. The van der Waals surface area contributed by atoms with Crippen LogP contribution in [0, 0.1) is 0 Å². The molecule has 0 saturated carbocycles. The highest BCUT2D eigenvalue weighted by atomic mass is 16.1. The van der Waals surface area contributed by atoms with Gasteiger partial charge in [0, 0.05) is 6.20 Å². The maximum atomic E-state index is 10.9. The minimum atomic E-state index is -0.459. The van der Waals surface area contributed by atoms with Gasteiger partial charge in [-0.2, -0.15) is 0 Å². The molecule has 17 heavy (non-hydrogen) atoms. The number of carbonyl (C=O) groups excluding carboxylic acids is 1. The molecule has 3 nitrogen and oxygen atoms in total. The number of amides is 1. The van der Waals surface area contributed by atoms with E-state index in [4.69, 9.17) is 5.73 Å². The Bertz CT molecular complexity index is 425. The summed E-state index contributed by atoms with van der Waals surface area (Å²) >= 11 is 0. The van der Waals surface area contributed by atoms with Gasteiger partial charge in [0.25, 0.3) is 5.91 Å². The fourth-order valence-corrected chi connectivity index (χ4v) is 1.26. The molecule has 3 heteroatoms. The van der Waals surface area contributed by atoms with Gasteiger partial charge in [0.1, 0.15) is 5.69 Å². The minimum Gasteiger partial charge on any atom is -0.364 e. The summed E-state index contributed by atoms with van der Waals surface area (Å²) in [4.78, 5) is 13.7. The predicted molar refractivity (Wildman–Crippen MR) is 73.6 cm³/mol. The normalized spacial score (nSPS) is 10.9. The van der Waals surface area contributed by atoms with Crippen molar-refractivity contribution < 1.29 is 4.79 Å². The molecule has 1 amide bonds. The van der Waals surface area contributed by atoms with Gasteiger partial charge in [0.05, 0.1) is 0 Å². The van der Waals surface area contributed by atoms with Crippen molar-refractivity contribution in [2.75, 3.05) is 0 Å². The number of carbonyl (C=O) groups is 1. The maximum Gasteiger partial charge on any atom is 0.265 e. The standard InChI is InChI=1S/C12H14N2O.C2H6/c1-3-5-9(6-4-2)10-7-11(12(13)15)14-8-10;1-2/h3-8,14H,1H2,2H3,(H2,13,15);1-2H3/b6-4-,9-5+;. The summed E-state index contributed by atoms with van der Waals surface area (Å²) in [6, 6.07) is 1.72. The van der Waals surface area contributed by atoms with Crippen LogP contribution in [0.1, 0.15) is 36.8 Å². The summed E-state index contributed by atoms with van der Waals surface area (Å²) in [6.45, 7) is 9.57. The molecular formula is C14H20N2O. The Morgan fingerprint density at radius 1 is 1.47 bits per heavy atom. The van der Waals surface area contributed by atoms with E-state index in [9.17, 15) is 4.79 Å². The van der Waals surface area contributed by atoms with Gasteiger partial charge in [-0.1, -0.05) is 44.7 Å². The monoisotopic (exact) mass is 232 g/mol. The van der Waals surface area contributed by atoms with Crippen molar-refractivity contribution in [2.45, 2.75) is 20.8 Å². The van der Waals surface area contributed by atoms with Crippen LogP contribution in [0.3, 0.4) is 0 Å². The molecule has 0 fully saturated rings. The van der Waals surface area contributed by atoms with Crippen LogP contribution in [0.5, 0.6) is 0 Å². The molecule has 0 aliphatic heterocycles. The third kappa shape index (κ3) is 4.55. The number of allylic oxidation sites excluding steroid dienone is 5. The number of H-pyrrole nitrogens is 1. The van der Waals surface area contributed by atoms with Gasteiger partial charge in [-0.05, 0) is 24.1 Å². The van der Waals surface area contributed by atoms with E-state index < -0.39 is 5.91 Å². The van der Waals surface area contributed by atoms with Crippen molar-refractivity contribution in [3.05, 3.63) is 54.4 Å². The number of aromatic amines is 1. The number of aromatic nitrogens is 1. The van der Waals surface area contributed by atoms with Gasteiger partial charge in [-0.25, -0.2) is 0 Å². The van der Waals surface area contributed by atoms with Crippen LogP contribution in [0.2, 0.25) is 0 Å². The Kier molecular flexibility index (Phi) is 7.19. The molecule has 1 aromatic heterocycles. The van der Waals surface area contributed by atoms with E-state index in [-0.39, 0.29) is 0 Å². The lowest BCUT2D eigenvalue weighted by Gasteiger charge is -1.95. The molecule has 1 heterocycles. The molecule has 0 aliphatic rings. The Labute approximate surface area is 103 Å². The molecule has 92 valence electrons. The SMILES string of the molecule is C=C/C=C(\C=C/C)c1c[nH]c(C(N)=O)c1.CC. The van der Waals surface area contributed by atoms with Crippen LogP contribution in [0.25, 0.3) is 5.57 Å². The van der Waals surface area contributed by atoms with E-state index in [1.807, 2.05) is 39.0 Å². The smallest absolute Gasteiger partial charge is 0.265 e. The van der Waals surface area contributed by atoms with Crippen LogP contribution in [0.4, 0.5) is 0 Å². The highest BCUT2D eigenvalue weighted by Crippen LogP contribution is 2.17. The van der Waals surface area contributed by atoms with Crippen molar-refractivity contribution in [3.8, 4) is 0 Å². The number of hydrogen-bond acceptors (Lipinski definition) is 1. The average molecular weight is 232 g/mol. The van der Waals surface area contributed by atoms with E-state index >= 15 is 0 Å². The summed E-state index contributed by atoms with van der Waals surface area (Å²) in [7, 11) is 0. The molecule has 0 atom stereocenters. The van der Waals surface area contributed by atoms with Gasteiger partial charge in [-0.3, -0.25) is 4.79 Å². The maximum absolute atomic E-state index is 10.9. The Morgan fingerprint density at radius 2 is 2.12 bits per heavy atom. The lowest BCUT2D eigenvalue weighted by Crippen LogP contribution is -2.10. The molecule has 1 aromatic rings. The van der Waals surface area contributed by atoms with Crippen molar-refractivity contribution in [2.24, 2.45) is 5.73 Å². The van der Waals surface area contributed by atoms with Crippen LogP contribution >= 0.6 is 0 Å². The summed E-state index contributed by atoms with van der Waals surface area (Å²) in [5.74, 6) is -0.459. The Hall–Kier alpha value is -2.03. The molecule has 0 bridgehead atoms. The number of nitrogens with two attached hydrogens (primary N) is 1. The lowest BCUT2D eigenvalue weighted by atomic mass is 10.1. The molecule has 0 aliphatic carbocycles. The lowest BCUT2D eigenvalue weighted by molar-refractivity contribution is 0.0996. The second-order valence-corrected chi connectivity index (χ2v) is 3.02. The summed E-state index contributed by atoms with van der Waals surface area (Å²) in [6.07, 6.45) is 9.18. The quantitative estimate of drug-likeness (QED) is 0.769. The van der Waals surface area contributed by atoms with Crippen LogP contribution < -0.4 is 5.73 Å². The molecular weight excluding hydrogens is 212 g/mol. The van der Waals surface area contributed by atoms with E-state index in [2.05, 4.69) is 11.6 Å². The zero-order valence-electron chi connectivity index (χ0n) is 10.7. The van der Waals surface area contributed by atoms with Gasteiger partial charge < -0.3 is 10.7 Å². The zero-order chi connectivity index (χ0) is 13.3. The number of primary amides is 1. The van der Waals surface area contributed by atoms with E-state index in [0.717, 1.165) is 11.1 Å². The van der Waals surface area contributed by atoms with Crippen LogP contribution in [0.15, 0.2) is 43.1 Å². The molecule has 0 spiro atoms. The van der Waals surface area contributed by atoms with Gasteiger partial charge in [-0.15, -0.1) is 0 Å². The zero-order valence-corrected chi connectivity index (χ0v) is 10.7. The largest absolute Gasteiger partial charge is 0.364 e. The first-order valence-electron chi connectivity index (χ1n) is 5.63. The summed E-state index contributed by atoms with van der Waals surface area (Å²) < 4.78 is 0. The highest BCUT2D eigenvalue weighted by molar-refractivity contribution is 5.92. The van der Waals surface area contributed by atoms with E-state index in [1.54, 1.807) is 18.3 Å². The Morgan fingerprint density at radius 3 is 2.53 bits per heavy atom.